The van der Waals surface area contributed by atoms with Crippen molar-refractivity contribution >= 4 is 5.69 Å². The summed E-state index contributed by atoms with van der Waals surface area (Å²) < 4.78 is 31.3. The first-order valence-electron chi connectivity index (χ1n) is 8.73. The van der Waals surface area contributed by atoms with Crippen molar-refractivity contribution < 1.29 is 13.2 Å². The molecular weight excluding hydrogens is 346 g/mol. The van der Waals surface area contributed by atoms with E-state index in [0.29, 0.717) is 37.1 Å². The molecule has 0 spiro atoms. The van der Waals surface area contributed by atoms with Crippen molar-refractivity contribution in [3.8, 4) is 0 Å². The Bertz CT molecular complexity index is 811. The van der Waals surface area contributed by atoms with Crippen LogP contribution in [0.15, 0.2) is 21.5 Å². The first-order valence-corrected chi connectivity index (χ1v) is 8.73. The molecule has 0 N–H and O–H groups in total. The topological polar surface area (TPSA) is 80.3 Å². The number of hydrogen-bond acceptors (Lipinski definition) is 7. The standard InChI is InChI=1S/C16H20F2N6O2/c17-13(18)9-24-15(25)7-12(8-19-24)23-5-3-22(4-6-23)10-14-20-21-16(26-14)11-1-2-11/h7-8,11,13H,1-6,9-10H2. The first kappa shape index (κ1) is 17.1. The summed E-state index contributed by atoms with van der Waals surface area (Å²) >= 11 is 0. The van der Waals surface area contributed by atoms with Crippen molar-refractivity contribution in [2.24, 2.45) is 0 Å². The summed E-state index contributed by atoms with van der Waals surface area (Å²) in [4.78, 5) is 16.1. The zero-order valence-corrected chi connectivity index (χ0v) is 14.2. The Morgan fingerprint density at radius 1 is 1.19 bits per heavy atom. The Morgan fingerprint density at radius 3 is 2.62 bits per heavy atom. The van der Waals surface area contributed by atoms with Crippen LogP contribution in [-0.2, 0) is 13.1 Å². The molecule has 0 bridgehead atoms. The molecule has 4 rings (SSSR count). The third kappa shape index (κ3) is 3.90. The highest BCUT2D eigenvalue weighted by molar-refractivity contribution is 5.43. The molecular formula is C16H20F2N6O2. The summed E-state index contributed by atoms with van der Waals surface area (Å²) in [6.07, 6.45) is 1.13. The molecule has 2 aromatic rings. The van der Waals surface area contributed by atoms with E-state index >= 15 is 0 Å². The minimum Gasteiger partial charge on any atom is -0.424 e. The van der Waals surface area contributed by atoms with Gasteiger partial charge in [0.25, 0.3) is 12.0 Å². The van der Waals surface area contributed by atoms with Gasteiger partial charge in [-0.2, -0.15) is 5.10 Å². The molecule has 2 fully saturated rings. The van der Waals surface area contributed by atoms with E-state index in [9.17, 15) is 13.6 Å². The Morgan fingerprint density at radius 2 is 1.96 bits per heavy atom. The van der Waals surface area contributed by atoms with Crippen molar-refractivity contribution in [2.45, 2.75) is 38.3 Å². The molecule has 1 aliphatic heterocycles. The predicted octanol–water partition coefficient (Wildman–Crippen LogP) is 1.09. The molecule has 1 saturated carbocycles. The molecule has 0 unspecified atom stereocenters. The van der Waals surface area contributed by atoms with E-state index in [4.69, 9.17) is 4.42 Å². The Kier molecular flexibility index (Phi) is 4.66. The average Bonchev–Trinajstić information content (AvgIpc) is 3.37. The third-order valence-electron chi connectivity index (χ3n) is 4.67. The van der Waals surface area contributed by atoms with Crippen molar-refractivity contribution in [3.05, 3.63) is 34.4 Å². The molecule has 2 aromatic heterocycles. The molecule has 26 heavy (non-hydrogen) atoms. The zero-order chi connectivity index (χ0) is 18.1. The lowest BCUT2D eigenvalue weighted by molar-refractivity contribution is 0.119. The number of nitrogens with zero attached hydrogens (tertiary/aromatic N) is 6. The van der Waals surface area contributed by atoms with Crippen LogP contribution in [0.25, 0.3) is 0 Å². The molecule has 10 heteroatoms. The summed E-state index contributed by atoms with van der Waals surface area (Å²) in [6.45, 7) is 2.91. The summed E-state index contributed by atoms with van der Waals surface area (Å²) in [5, 5.41) is 12.0. The highest BCUT2D eigenvalue weighted by atomic mass is 19.3. The summed E-state index contributed by atoms with van der Waals surface area (Å²) in [6, 6.07) is 1.37. The highest BCUT2D eigenvalue weighted by Gasteiger charge is 2.29. The number of aromatic nitrogens is 4. The van der Waals surface area contributed by atoms with Gasteiger partial charge in [-0.1, -0.05) is 0 Å². The van der Waals surface area contributed by atoms with Crippen molar-refractivity contribution in [2.75, 3.05) is 31.1 Å². The SMILES string of the molecule is O=c1cc(N2CCN(Cc3nnc(C4CC4)o3)CC2)cnn1CC(F)F. The molecule has 0 radical (unpaired) electrons. The van der Waals surface area contributed by atoms with Crippen LogP contribution in [0.3, 0.4) is 0 Å². The Hall–Kier alpha value is -2.36. The molecule has 1 saturated heterocycles. The molecule has 0 atom stereocenters. The van der Waals surface area contributed by atoms with Crippen molar-refractivity contribution in [3.63, 3.8) is 0 Å². The van der Waals surface area contributed by atoms with E-state index in [1.807, 2.05) is 4.90 Å². The molecule has 2 aliphatic rings. The molecule has 8 nitrogen and oxygen atoms in total. The lowest BCUT2D eigenvalue weighted by Crippen LogP contribution is -2.46. The van der Waals surface area contributed by atoms with Gasteiger partial charge in [-0.05, 0) is 12.8 Å². The fourth-order valence-electron chi connectivity index (χ4n) is 3.05. The van der Waals surface area contributed by atoms with Crippen LogP contribution in [0.5, 0.6) is 0 Å². The smallest absolute Gasteiger partial charge is 0.269 e. The van der Waals surface area contributed by atoms with E-state index in [-0.39, 0.29) is 0 Å². The van der Waals surface area contributed by atoms with Crippen molar-refractivity contribution in [1.82, 2.24) is 24.9 Å². The van der Waals surface area contributed by atoms with E-state index in [0.717, 1.165) is 36.5 Å². The molecule has 1 aliphatic carbocycles. The number of rotatable bonds is 6. The van der Waals surface area contributed by atoms with Crippen LogP contribution in [0.1, 0.15) is 30.5 Å². The lowest BCUT2D eigenvalue weighted by Gasteiger charge is -2.35. The van der Waals surface area contributed by atoms with E-state index in [2.05, 4.69) is 20.2 Å². The molecule has 0 aromatic carbocycles. The predicted molar refractivity (Wildman–Crippen MR) is 88.3 cm³/mol. The van der Waals surface area contributed by atoms with Gasteiger partial charge in [0.2, 0.25) is 11.8 Å². The summed E-state index contributed by atoms with van der Waals surface area (Å²) in [5.41, 5.74) is 0.151. The Balaban J connectivity index is 1.32. The third-order valence-corrected chi connectivity index (χ3v) is 4.67. The number of anilines is 1. The maximum absolute atomic E-state index is 12.4. The van der Waals surface area contributed by atoms with Gasteiger partial charge in [0.05, 0.1) is 18.4 Å². The molecule has 140 valence electrons. The normalized spacial score (nSPS) is 18.7. The maximum atomic E-state index is 12.4. The second kappa shape index (κ2) is 7.10. The zero-order valence-electron chi connectivity index (χ0n) is 14.2. The van der Waals surface area contributed by atoms with E-state index in [1.54, 1.807) is 0 Å². The quantitative estimate of drug-likeness (QED) is 0.757. The van der Waals surface area contributed by atoms with Gasteiger partial charge in [-0.3, -0.25) is 9.69 Å². The van der Waals surface area contributed by atoms with E-state index in [1.165, 1.54) is 12.3 Å². The minimum absolute atomic E-state index is 0.452. The van der Waals surface area contributed by atoms with Gasteiger partial charge in [-0.15, -0.1) is 10.2 Å². The minimum atomic E-state index is -2.60. The van der Waals surface area contributed by atoms with Crippen LogP contribution in [0.4, 0.5) is 14.5 Å². The van der Waals surface area contributed by atoms with Crippen LogP contribution in [-0.4, -0.2) is 57.5 Å². The van der Waals surface area contributed by atoms with Gasteiger partial charge in [0, 0.05) is 38.2 Å². The van der Waals surface area contributed by atoms with Gasteiger partial charge < -0.3 is 9.32 Å². The van der Waals surface area contributed by atoms with Crippen LogP contribution >= 0.6 is 0 Å². The first-order chi connectivity index (χ1) is 12.6. The number of alkyl halides is 2. The second-order valence-corrected chi connectivity index (χ2v) is 6.70. The average molecular weight is 366 g/mol. The number of halogens is 2. The van der Waals surface area contributed by atoms with Crippen molar-refractivity contribution in [1.29, 1.82) is 0 Å². The summed E-state index contributed by atoms with van der Waals surface area (Å²) in [5.74, 6) is 1.83. The van der Waals surface area contributed by atoms with Crippen LogP contribution in [0, 0.1) is 0 Å². The number of hydrogen-bond donors (Lipinski definition) is 0. The Labute approximate surface area is 148 Å². The van der Waals surface area contributed by atoms with Crippen LogP contribution in [0.2, 0.25) is 0 Å². The fraction of sp³-hybridized carbons (Fsp3) is 0.625. The highest BCUT2D eigenvalue weighted by Crippen LogP contribution is 2.39. The number of piperazine rings is 1. The maximum Gasteiger partial charge on any atom is 0.269 e. The van der Waals surface area contributed by atoms with E-state index < -0.39 is 18.5 Å². The monoisotopic (exact) mass is 366 g/mol. The summed E-state index contributed by atoms with van der Waals surface area (Å²) in [7, 11) is 0. The fourth-order valence-corrected chi connectivity index (χ4v) is 3.05. The molecule has 3 heterocycles. The molecule has 0 amide bonds. The second-order valence-electron chi connectivity index (χ2n) is 6.70. The van der Waals surface area contributed by atoms with Gasteiger partial charge in [0.1, 0.15) is 6.54 Å². The van der Waals surface area contributed by atoms with Gasteiger partial charge in [-0.25, -0.2) is 13.5 Å². The van der Waals surface area contributed by atoms with Gasteiger partial charge >= 0.3 is 0 Å². The largest absolute Gasteiger partial charge is 0.424 e. The van der Waals surface area contributed by atoms with Gasteiger partial charge in [0.15, 0.2) is 0 Å². The van der Waals surface area contributed by atoms with Crippen LogP contribution < -0.4 is 10.5 Å². The lowest BCUT2D eigenvalue weighted by atomic mass is 10.3.